The Morgan fingerprint density at radius 2 is 2.22 bits per heavy atom. The summed E-state index contributed by atoms with van der Waals surface area (Å²) in [6, 6.07) is 7.13. The van der Waals surface area contributed by atoms with Gasteiger partial charge in [-0.15, -0.1) is 0 Å². The molecule has 0 radical (unpaired) electrons. The van der Waals surface area contributed by atoms with Crippen LogP contribution in [0.4, 0.5) is 0 Å². The van der Waals surface area contributed by atoms with Crippen molar-refractivity contribution in [3.63, 3.8) is 0 Å². The van der Waals surface area contributed by atoms with Crippen molar-refractivity contribution in [1.82, 2.24) is 5.32 Å². The van der Waals surface area contributed by atoms with Crippen LogP contribution in [0.1, 0.15) is 5.56 Å². The third kappa shape index (κ3) is 3.22. The number of benzene rings is 1. The van der Waals surface area contributed by atoms with Gasteiger partial charge in [0.25, 0.3) is 0 Å². The maximum absolute atomic E-state index is 11.3. The summed E-state index contributed by atoms with van der Waals surface area (Å²) in [5.41, 5.74) is 0.992. The van der Waals surface area contributed by atoms with Crippen LogP contribution in [-0.2, 0) is 16.4 Å². The van der Waals surface area contributed by atoms with Gasteiger partial charge in [0.15, 0.2) is 9.84 Å². The summed E-state index contributed by atoms with van der Waals surface area (Å²) in [5.74, 6) is 0.606. The smallest absolute Gasteiger partial charge is 0.154 e. The van der Waals surface area contributed by atoms with Crippen LogP contribution in [0.5, 0.6) is 5.75 Å². The van der Waals surface area contributed by atoms with E-state index in [2.05, 4.69) is 5.32 Å². The molecule has 0 aromatic heterocycles. The first-order valence-electron chi connectivity index (χ1n) is 5.75. The molecule has 2 N–H and O–H groups in total. The van der Waals surface area contributed by atoms with Gasteiger partial charge in [-0.2, -0.15) is 0 Å². The van der Waals surface area contributed by atoms with Gasteiger partial charge in [-0.05, 0) is 17.7 Å². The van der Waals surface area contributed by atoms with Crippen LogP contribution >= 0.6 is 0 Å². The number of aliphatic hydroxyl groups excluding tert-OH is 1. The zero-order valence-electron chi connectivity index (χ0n) is 10.2. The number of hydrogen-bond donors (Lipinski definition) is 2. The van der Waals surface area contributed by atoms with Gasteiger partial charge in [0.1, 0.15) is 5.75 Å². The van der Waals surface area contributed by atoms with Crippen LogP contribution in [0.25, 0.3) is 0 Å². The third-order valence-corrected chi connectivity index (χ3v) is 4.74. The van der Waals surface area contributed by atoms with Crippen LogP contribution in [0.3, 0.4) is 0 Å². The van der Waals surface area contributed by atoms with Crippen molar-refractivity contribution in [1.29, 1.82) is 0 Å². The van der Waals surface area contributed by atoms with Gasteiger partial charge in [-0.25, -0.2) is 8.42 Å². The molecule has 5 nitrogen and oxygen atoms in total. The molecule has 100 valence electrons. The molecule has 1 aliphatic heterocycles. The molecule has 0 aliphatic carbocycles. The van der Waals surface area contributed by atoms with Gasteiger partial charge in [-0.1, -0.05) is 12.1 Å². The number of sulfone groups is 1. The minimum atomic E-state index is -3.10. The largest absolute Gasteiger partial charge is 0.497 e. The van der Waals surface area contributed by atoms with Crippen LogP contribution in [-0.4, -0.2) is 44.3 Å². The first-order valence-corrected chi connectivity index (χ1v) is 7.57. The topological polar surface area (TPSA) is 75.6 Å². The lowest BCUT2D eigenvalue weighted by molar-refractivity contribution is 0.165. The molecule has 1 saturated heterocycles. The predicted octanol–water partition coefficient (Wildman–Crippen LogP) is -0.0573. The van der Waals surface area contributed by atoms with E-state index in [1.807, 2.05) is 24.3 Å². The maximum atomic E-state index is 11.3. The van der Waals surface area contributed by atoms with Gasteiger partial charge < -0.3 is 15.2 Å². The summed E-state index contributed by atoms with van der Waals surface area (Å²) in [4.78, 5) is 0. The fraction of sp³-hybridized carbons (Fsp3) is 0.500. The molecule has 0 amide bonds. The van der Waals surface area contributed by atoms with E-state index in [1.165, 1.54) is 0 Å². The Morgan fingerprint density at radius 1 is 1.44 bits per heavy atom. The third-order valence-electron chi connectivity index (χ3n) is 3.03. The predicted molar refractivity (Wildman–Crippen MR) is 68.3 cm³/mol. The van der Waals surface area contributed by atoms with E-state index < -0.39 is 15.9 Å². The van der Waals surface area contributed by atoms with Crippen molar-refractivity contribution in [3.05, 3.63) is 29.8 Å². The molecule has 0 spiro atoms. The molecule has 2 rings (SSSR count). The van der Waals surface area contributed by atoms with Crippen molar-refractivity contribution in [3.8, 4) is 5.75 Å². The van der Waals surface area contributed by atoms with E-state index in [-0.39, 0.29) is 17.5 Å². The second-order valence-corrected chi connectivity index (χ2v) is 6.64. The number of nitrogens with one attached hydrogen (secondary N) is 1. The highest BCUT2D eigenvalue weighted by Crippen LogP contribution is 2.15. The first-order chi connectivity index (χ1) is 8.50. The number of hydrogen-bond acceptors (Lipinski definition) is 5. The van der Waals surface area contributed by atoms with Crippen LogP contribution in [0.2, 0.25) is 0 Å². The Kier molecular flexibility index (Phi) is 3.89. The molecule has 2 unspecified atom stereocenters. The molecule has 6 heteroatoms. The average Bonchev–Trinajstić information content (AvgIpc) is 2.60. The SMILES string of the molecule is COc1cccc(CNC2CS(=O)(=O)CC2O)c1. The van der Waals surface area contributed by atoms with Gasteiger partial charge in [0, 0.05) is 12.6 Å². The Bertz CT molecular complexity index is 515. The van der Waals surface area contributed by atoms with Gasteiger partial charge >= 0.3 is 0 Å². The molecule has 1 heterocycles. The lowest BCUT2D eigenvalue weighted by Crippen LogP contribution is -2.38. The fourth-order valence-corrected chi connectivity index (χ4v) is 3.83. The van der Waals surface area contributed by atoms with Gasteiger partial charge in [0.2, 0.25) is 0 Å². The number of rotatable bonds is 4. The lowest BCUT2D eigenvalue weighted by atomic mass is 10.1. The summed E-state index contributed by atoms with van der Waals surface area (Å²) in [7, 11) is -1.50. The number of methoxy groups -OCH3 is 1. The Hall–Kier alpha value is -1.11. The summed E-state index contributed by atoms with van der Waals surface area (Å²) < 4.78 is 27.8. The van der Waals surface area contributed by atoms with E-state index in [9.17, 15) is 13.5 Å². The Balaban J connectivity index is 1.95. The molecule has 1 aromatic carbocycles. The average molecular weight is 271 g/mol. The summed E-state index contributed by atoms with van der Waals surface area (Å²) in [5, 5.41) is 12.7. The second-order valence-electron chi connectivity index (χ2n) is 4.48. The minimum absolute atomic E-state index is 0.00185. The monoisotopic (exact) mass is 271 g/mol. The molecule has 0 bridgehead atoms. The molecular formula is C12H17NO4S. The molecule has 1 fully saturated rings. The molecule has 18 heavy (non-hydrogen) atoms. The molecule has 1 aliphatic rings. The van der Waals surface area contributed by atoms with Crippen molar-refractivity contribution in [2.45, 2.75) is 18.7 Å². The second kappa shape index (κ2) is 5.26. The number of aliphatic hydroxyl groups is 1. The quantitative estimate of drug-likeness (QED) is 0.802. The lowest BCUT2D eigenvalue weighted by Gasteiger charge is -2.15. The van der Waals surface area contributed by atoms with E-state index in [0.29, 0.717) is 6.54 Å². The summed E-state index contributed by atoms with van der Waals surface area (Å²) in [6.07, 6.45) is -0.819. The van der Waals surface area contributed by atoms with Crippen LogP contribution in [0.15, 0.2) is 24.3 Å². The summed E-state index contributed by atoms with van der Waals surface area (Å²) >= 11 is 0. The van der Waals surface area contributed by atoms with Gasteiger partial charge in [0.05, 0.1) is 24.7 Å². The van der Waals surface area contributed by atoms with E-state index in [1.54, 1.807) is 7.11 Å². The number of ether oxygens (including phenoxy) is 1. The fourth-order valence-electron chi connectivity index (χ4n) is 2.06. The Labute approximate surface area is 107 Å². The van der Waals surface area contributed by atoms with Crippen LogP contribution in [0, 0.1) is 0 Å². The minimum Gasteiger partial charge on any atom is -0.497 e. The highest BCUT2D eigenvalue weighted by Gasteiger charge is 2.35. The maximum Gasteiger partial charge on any atom is 0.154 e. The van der Waals surface area contributed by atoms with E-state index >= 15 is 0 Å². The van der Waals surface area contributed by atoms with E-state index in [4.69, 9.17) is 4.74 Å². The van der Waals surface area contributed by atoms with Crippen molar-refractivity contribution >= 4 is 9.84 Å². The standard InChI is InChI=1S/C12H17NO4S/c1-17-10-4-2-3-9(5-10)6-13-11-7-18(15,16)8-12(11)14/h2-5,11-14H,6-8H2,1H3. The molecule has 1 aromatic rings. The first kappa shape index (κ1) is 13.3. The molecule has 0 saturated carbocycles. The van der Waals surface area contributed by atoms with Gasteiger partial charge in [-0.3, -0.25) is 0 Å². The summed E-state index contributed by atoms with van der Waals surface area (Å²) in [6.45, 7) is 0.508. The highest BCUT2D eigenvalue weighted by molar-refractivity contribution is 7.91. The van der Waals surface area contributed by atoms with Crippen molar-refractivity contribution in [2.75, 3.05) is 18.6 Å². The molecular weight excluding hydrogens is 254 g/mol. The Morgan fingerprint density at radius 3 is 2.83 bits per heavy atom. The van der Waals surface area contributed by atoms with E-state index in [0.717, 1.165) is 11.3 Å². The van der Waals surface area contributed by atoms with Crippen molar-refractivity contribution < 1.29 is 18.3 Å². The highest BCUT2D eigenvalue weighted by atomic mass is 32.2. The van der Waals surface area contributed by atoms with Crippen LogP contribution < -0.4 is 10.1 Å². The molecule has 2 atom stereocenters. The zero-order chi connectivity index (χ0) is 13.2. The normalized spacial score (nSPS) is 26.1. The zero-order valence-corrected chi connectivity index (χ0v) is 11.0. The van der Waals surface area contributed by atoms with Crippen molar-refractivity contribution in [2.24, 2.45) is 0 Å².